The van der Waals surface area contributed by atoms with Gasteiger partial charge in [-0.2, -0.15) is 0 Å². The van der Waals surface area contributed by atoms with Crippen LogP contribution in [0.2, 0.25) is 0 Å². The highest BCUT2D eigenvalue weighted by atomic mass is 32.2. The maximum atomic E-state index is 11.7. The maximum Gasteiger partial charge on any atom is 0.335 e. The molecule has 1 N–H and O–H groups in total. The Bertz CT molecular complexity index is 791. The molecule has 1 aliphatic rings. The summed E-state index contributed by atoms with van der Waals surface area (Å²) < 4.78 is 23.3. The maximum absolute atomic E-state index is 11.7. The van der Waals surface area contributed by atoms with Gasteiger partial charge < -0.3 is 5.11 Å². The first-order valence-electron chi connectivity index (χ1n) is 7.64. The predicted octanol–water partition coefficient (Wildman–Crippen LogP) is 3.05. The SMILES string of the molecule is CS(=O)(=O)c1ccc(C(=CC2CCCCC2)C(=O)O)cc1[N+](=O)[O-]. The lowest BCUT2D eigenvalue weighted by atomic mass is 9.87. The number of hydrogen-bond acceptors (Lipinski definition) is 5. The molecule has 0 saturated heterocycles. The molecule has 2 rings (SSSR count). The quantitative estimate of drug-likeness (QED) is 0.494. The second-order valence-electron chi connectivity index (χ2n) is 6.00. The van der Waals surface area contributed by atoms with Crippen LogP contribution in [-0.4, -0.2) is 30.7 Å². The van der Waals surface area contributed by atoms with Crippen LogP contribution in [0.5, 0.6) is 0 Å². The van der Waals surface area contributed by atoms with E-state index in [2.05, 4.69) is 0 Å². The summed E-state index contributed by atoms with van der Waals surface area (Å²) in [7, 11) is -3.78. The van der Waals surface area contributed by atoms with E-state index >= 15 is 0 Å². The number of carboxylic acid groups (broad SMARTS) is 1. The number of carbonyl (C=O) groups is 1. The Labute approximate surface area is 140 Å². The number of benzene rings is 1. The molecule has 0 amide bonds. The van der Waals surface area contributed by atoms with Gasteiger partial charge in [0.25, 0.3) is 5.69 Å². The Balaban J connectivity index is 2.51. The topological polar surface area (TPSA) is 115 Å². The second kappa shape index (κ2) is 7.12. The summed E-state index contributed by atoms with van der Waals surface area (Å²) in [6.07, 6.45) is 7.48. The molecule has 1 fully saturated rings. The molecule has 1 aliphatic carbocycles. The smallest absolute Gasteiger partial charge is 0.335 e. The lowest BCUT2D eigenvalue weighted by Gasteiger charge is -2.19. The summed E-state index contributed by atoms with van der Waals surface area (Å²) in [5, 5.41) is 20.6. The molecule has 7 nitrogen and oxygen atoms in total. The van der Waals surface area contributed by atoms with Crippen LogP contribution in [0, 0.1) is 16.0 Å². The molecule has 0 unspecified atom stereocenters. The number of sulfone groups is 1. The molecule has 0 aromatic heterocycles. The first-order valence-corrected chi connectivity index (χ1v) is 9.53. The minimum absolute atomic E-state index is 0.0231. The molecule has 1 aromatic carbocycles. The number of aliphatic carboxylic acids is 1. The average Bonchev–Trinajstić information content (AvgIpc) is 2.52. The minimum Gasteiger partial charge on any atom is -0.478 e. The van der Waals surface area contributed by atoms with Crippen LogP contribution >= 0.6 is 0 Å². The third-order valence-corrected chi connectivity index (χ3v) is 5.29. The van der Waals surface area contributed by atoms with Crippen molar-refractivity contribution < 1.29 is 23.2 Å². The van der Waals surface area contributed by atoms with Crippen molar-refractivity contribution in [3.63, 3.8) is 0 Å². The molecule has 0 atom stereocenters. The average molecular weight is 353 g/mol. The third kappa shape index (κ3) is 4.19. The summed E-state index contributed by atoms with van der Waals surface area (Å²) in [5.41, 5.74) is -0.483. The summed E-state index contributed by atoms with van der Waals surface area (Å²) in [6, 6.07) is 3.44. The predicted molar refractivity (Wildman–Crippen MR) is 88.4 cm³/mol. The van der Waals surface area contributed by atoms with Gasteiger partial charge in [0.05, 0.1) is 10.5 Å². The van der Waals surface area contributed by atoms with E-state index in [1.165, 1.54) is 6.07 Å². The molecule has 8 heteroatoms. The molecule has 0 heterocycles. The number of nitro benzene ring substituents is 1. The summed E-state index contributed by atoms with van der Waals surface area (Å²) in [4.78, 5) is 21.5. The Morgan fingerprint density at radius 1 is 1.29 bits per heavy atom. The number of nitrogens with zero attached hydrogens (tertiary/aromatic N) is 1. The van der Waals surface area contributed by atoms with Crippen molar-refractivity contribution in [2.45, 2.75) is 37.0 Å². The van der Waals surface area contributed by atoms with E-state index in [-0.39, 0.29) is 17.1 Å². The fourth-order valence-electron chi connectivity index (χ4n) is 2.97. The van der Waals surface area contributed by atoms with E-state index in [1.54, 1.807) is 6.08 Å². The number of hydrogen-bond donors (Lipinski definition) is 1. The fourth-order valence-corrected chi connectivity index (χ4v) is 3.80. The van der Waals surface area contributed by atoms with Gasteiger partial charge in [-0.15, -0.1) is 0 Å². The van der Waals surface area contributed by atoms with Gasteiger partial charge in [0.1, 0.15) is 4.90 Å². The summed E-state index contributed by atoms with van der Waals surface area (Å²) >= 11 is 0. The Hall–Kier alpha value is -2.22. The van der Waals surface area contributed by atoms with Crippen LogP contribution in [0.4, 0.5) is 5.69 Å². The highest BCUT2D eigenvalue weighted by Crippen LogP contribution is 2.31. The highest BCUT2D eigenvalue weighted by molar-refractivity contribution is 7.90. The van der Waals surface area contributed by atoms with Crippen LogP contribution in [0.25, 0.3) is 5.57 Å². The zero-order chi connectivity index (χ0) is 17.9. The molecular weight excluding hydrogens is 334 g/mol. The van der Waals surface area contributed by atoms with Crippen molar-refractivity contribution in [1.29, 1.82) is 0 Å². The van der Waals surface area contributed by atoms with Gasteiger partial charge in [-0.05, 0) is 30.4 Å². The van der Waals surface area contributed by atoms with Gasteiger partial charge >= 0.3 is 5.97 Å². The molecule has 24 heavy (non-hydrogen) atoms. The van der Waals surface area contributed by atoms with Gasteiger partial charge in [-0.3, -0.25) is 10.1 Å². The third-order valence-electron chi connectivity index (χ3n) is 4.15. The summed E-state index contributed by atoms with van der Waals surface area (Å²) in [5.74, 6) is -1.06. The first kappa shape index (κ1) is 18.1. The molecule has 0 aliphatic heterocycles. The molecule has 0 bridgehead atoms. The highest BCUT2D eigenvalue weighted by Gasteiger charge is 2.25. The van der Waals surface area contributed by atoms with Crippen molar-refractivity contribution >= 4 is 27.1 Å². The fraction of sp³-hybridized carbons (Fsp3) is 0.438. The van der Waals surface area contributed by atoms with Gasteiger partial charge in [0.2, 0.25) is 0 Å². The Kier molecular flexibility index (Phi) is 5.38. The van der Waals surface area contributed by atoms with Crippen LogP contribution in [0.15, 0.2) is 29.2 Å². The molecule has 0 radical (unpaired) electrons. The van der Waals surface area contributed by atoms with E-state index in [9.17, 15) is 28.4 Å². The zero-order valence-electron chi connectivity index (χ0n) is 13.3. The minimum atomic E-state index is -3.78. The molecule has 0 spiro atoms. The second-order valence-corrected chi connectivity index (χ2v) is 7.98. The molecular formula is C16H19NO6S. The van der Waals surface area contributed by atoms with Crippen molar-refractivity contribution in [2.24, 2.45) is 5.92 Å². The van der Waals surface area contributed by atoms with E-state index < -0.39 is 31.3 Å². The van der Waals surface area contributed by atoms with E-state index in [1.807, 2.05) is 0 Å². The largest absolute Gasteiger partial charge is 0.478 e. The van der Waals surface area contributed by atoms with E-state index in [0.717, 1.165) is 50.5 Å². The Morgan fingerprint density at radius 2 is 1.92 bits per heavy atom. The van der Waals surface area contributed by atoms with Crippen LogP contribution < -0.4 is 0 Å². The normalized spacial score (nSPS) is 16.8. The number of carboxylic acids is 1. The van der Waals surface area contributed by atoms with Crippen molar-refractivity contribution in [1.82, 2.24) is 0 Å². The van der Waals surface area contributed by atoms with Gasteiger partial charge in [-0.25, -0.2) is 13.2 Å². The zero-order valence-corrected chi connectivity index (χ0v) is 14.1. The van der Waals surface area contributed by atoms with Gasteiger partial charge in [0, 0.05) is 12.3 Å². The molecule has 1 saturated carbocycles. The number of rotatable bonds is 5. The molecule has 130 valence electrons. The number of nitro groups is 1. The van der Waals surface area contributed by atoms with E-state index in [4.69, 9.17) is 0 Å². The standard InChI is InChI=1S/C16H19NO6S/c1-24(22,23)15-8-7-12(10-14(15)17(20)21)13(16(18)19)9-11-5-3-2-4-6-11/h7-11H,2-6H2,1H3,(H,18,19). The monoisotopic (exact) mass is 353 g/mol. The number of allylic oxidation sites excluding steroid dienone is 1. The van der Waals surface area contributed by atoms with Gasteiger partial charge in [0.15, 0.2) is 9.84 Å². The van der Waals surface area contributed by atoms with Gasteiger partial charge in [-0.1, -0.05) is 31.4 Å². The van der Waals surface area contributed by atoms with Crippen molar-refractivity contribution in [3.05, 3.63) is 40.0 Å². The van der Waals surface area contributed by atoms with Crippen LogP contribution in [0.1, 0.15) is 37.7 Å². The first-order chi connectivity index (χ1) is 11.2. The van der Waals surface area contributed by atoms with Crippen LogP contribution in [0.3, 0.4) is 0 Å². The van der Waals surface area contributed by atoms with Crippen molar-refractivity contribution in [3.8, 4) is 0 Å². The van der Waals surface area contributed by atoms with Crippen molar-refractivity contribution in [2.75, 3.05) is 6.26 Å². The molecule has 1 aromatic rings. The summed E-state index contributed by atoms with van der Waals surface area (Å²) in [6.45, 7) is 0. The van der Waals surface area contributed by atoms with E-state index in [0.29, 0.717) is 0 Å². The Morgan fingerprint density at radius 3 is 2.42 bits per heavy atom. The van der Waals surface area contributed by atoms with Crippen LogP contribution in [-0.2, 0) is 14.6 Å². The lowest BCUT2D eigenvalue weighted by molar-refractivity contribution is -0.387. The lowest BCUT2D eigenvalue weighted by Crippen LogP contribution is -2.09.